The van der Waals surface area contributed by atoms with Crippen LogP contribution in [0.4, 0.5) is 0 Å². The number of hydrogen-bond acceptors (Lipinski definition) is 5. The smallest absolute Gasteiger partial charge is 0.187 e. The van der Waals surface area contributed by atoms with Crippen LogP contribution in [0, 0.1) is 0 Å². The van der Waals surface area contributed by atoms with Crippen molar-refractivity contribution >= 4 is 23.4 Å². The monoisotopic (exact) mass is 268 g/mol. The first-order chi connectivity index (χ1) is 8.08. The van der Waals surface area contributed by atoms with Gasteiger partial charge in [0.2, 0.25) is 0 Å². The number of halogens is 1. The van der Waals surface area contributed by atoms with Crippen LogP contribution >= 0.6 is 23.4 Å². The van der Waals surface area contributed by atoms with Crippen molar-refractivity contribution < 1.29 is 0 Å². The Morgan fingerprint density at radius 1 is 1.47 bits per heavy atom. The van der Waals surface area contributed by atoms with E-state index in [9.17, 15) is 0 Å². The molecule has 17 heavy (non-hydrogen) atoms. The summed E-state index contributed by atoms with van der Waals surface area (Å²) in [7, 11) is 0. The quantitative estimate of drug-likeness (QED) is 0.627. The van der Waals surface area contributed by atoms with Gasteiger partial charge in [-0.25, -0.2) is 9.97 Å². The van der Waals surface area contributed by atoms with E-state index in [0.717, 1.165) is 0 Å². The summed E-state index contributed by atoms with van der Waals surface area (Å²) in [6.07, 6.45) is 10.8. The van der Waals surface area contributed by atoms with E-state index in [0.29, 0.717) is 15.9 Å². The van der Waals surface area contributed by atoms with Crippen LogP contribution in [0.25, 0.3) is 0 Å². The van der Waals surface area contributed by atoms with Crippen molar-refractivity contribution in [2.45, 2.75) is 16.7 Å². The van der Waals surface area contributed by atoms with E-state index in [4.69, 9.17) is 23.1 Å². The van der Waals surface area contributed by atoms with Gasteiger partial charge in [0.25, 0.3) is 0 Å². The molecule has 0 aliphatic heterocycles. The van der Waals surface area contributed by atoms with Gasteiger partial charge in [-0.15, -0.1) is 0 Å². The Hall–Kier alpha value is -0.880. The molecule has 6 heteroatoms. The molecule has 0 aromatic carbocycles. The maximum Gasteiger partial charge on any atom is 0.187 e. The second kappa shape index (κ2) is 4.78. The van der Waals surface area contributed by atoms with Gasteiger partial charge >= 0.3 is 0 Å². The van der Waals surface area contributed by atoms with E-state index >= 15 is 0 Å². The largest absolute Gasteiger partial charge is 0.322 e. The second-order valence-corrected chi connectivity index (χ2v) is 4.94. The van der Waals surface area contributed by atoms with Gasteiger partial charge in [0, 0.05) is 0 Å². The van der Waals surface area contributed by atoms with Crippen molar-refractivity contribution in [2.75, 3.05) is 6.26 Å². The molecular formula is C11H13ClN4S. The standard InChI is InChI=1S/C11H13ClN4S/c1-17-10-15-6-7(12)9(16-10)11(14)5-3-2-4-8(11)13/h2-6,8H,13-14H2,1H3. The predicted octanol–water partition coefficient (Wildman–Crippen LogP) is 1.46. The van der Waals surface area contributed by atoms with E-state index in [-0.39, 0.29) is 6.04 Å². The van der Waals surface area contributed by atoms with Crippen molar-refractivity contribution in [3.05, 3.63) is 41.2 Å². The molecule has 0 saturated carbocycles. The van der Waals surface area contributed by atoms with Gasteiger partial charge in [0.15, 0.2) is 5.16 Å². The third kappa shape index (κ3) is 2.24. The molecule has 1 heterocycles. The Labute approximate surface area is 109 Å². The Kier molecular flexibility index (Phi) is 3.53. The molecule has 2 rings (SSSR count). The minimum atomic E-state index is -0.876. The fourth-order valence-electron chi connectivity index (χ4n) is 1.66. The van der Waals surface area contributed by atoms with Crippen LogP contribution in [-0.2, 0) is 5.54 Å². The first-order valence-electron chi connectivity index (χ1n) is 5.05. The maximum atomic E-state index is 6.30. The fourth-order valence-corrected chi connectivity index (χ4v) is 2.25. The first-order valence-corrected chi connectivity index (χ1v) is 6.65. The fraction of sp³-hybridized carbons (Fsp3) is 0.273. The van der Waals surface area contributed by atoms with Gasteiger partial charge in [0.05, 0.1) is 28.5 Å². The lowest BCUT2D eigenvalue weighted by Gasteiger charge is -2.32. The number of nitrogens with two attached hydrogens (primary N) is 2. The normalized spacial score (nSPS) is 27.4. The molecule has 1 aromatic rings. The lowest BCUT2D eigenvalue weighted by atomic mass is 9.84. The van der Waals surface area contributed by atoms with Crippen molar-refractivity contribution in [1.82, 2.24) is 9.97 Å². The zero-order valence-electron chi connectivity index (χ0n) is 9.30. The molecule has 0 bridgehead atoms. The van der Waals surface area contributed by atoms with Gasteiger partial charge in [-0.3, -0.25) is 0 Å². The van der Waals surface area contributed by atoms with Crippen LogP contribution in [0.3, 0.4) is 0 Å². The van der Waals surface area contributed by atoms with E-state index in [1.54, 1.807) is 6.20 Å². The number of allylic oxidation sites excluding steroid dienone is 2. The van der Waals surface area contributed by atoms with Crippen molar-refractivity contribution in [1.29, 1.82) is 0 Å². The van der Waals surface area contributed by atoms with Crippen LogP contribution in [0.1, 0.15) is 5.69 Å². The summed E-state index contributed by atoms with van der Waals surface area (Å²) in [5.74, 6) is 0. The minimum Gasteiger partial charge on any atom is -0.322 e. The first kappa shape index (κ1) is 12.6. The van der Waals surface area contributed by atoms with Crippen LogP contribution in [0.2, 0.25) is 5.02 Å². The van der Waals surface area contributed by atoms with Gasteiger partial charge < -0.3 is 11.5 Å². The summed E-state index contributed by atoms with van der Waals surface area (Å²) in [5.41, 5.74) is 12.0. The zero-order valence-corrected chi connectivity index (χ0v) is 10.9. The van der Waals surface area contributed by atoms with E-state index in [2.05, 4.69) is 9.97 Å². The third-order valence-corrected chi connectivity index (χ3v) is 3.51. The highest BCUT2D eigenvalue weighted by Gasteiger charge is 2.35. The van der Waals surface area contributed by atoms with E-state index < -0.39 is 5.54 Å². The summed E-state index contributed by atoms with van der Waals surface area (Å²) in [4.78, 5) is 8.46. The maximum absolute atomic E-state index is 6.30. The van der Waals surface area contributed by atoms with Gasteiger partial charge in [-0.1, -0.05) is 47.7 Å². The Bertz CT molecular complexity index is 488. The Morgan fingerprint density at radius 3 is 2.88 bits per heavy atom. The molecule has 2 atom stereocenters. The molecule has 0 amide bonds. The average molecular weight is 269 g/mol. The highest BCUT2D eigenvalue weighted by molar-refractivity contribution is 7.98. The van der Waals surface area contributed by atoms with Gasteiger partial charge in [0.1, 0.15) is 0 Å². The zero-order chi connectivity index (χ0) is 12.5. The molecule has 1 aliphatic rings. The molecule has 1 aromatic heterocycles. The number of hydrogen-bond donors (Lipinski definition) is 2. The summed E-state index contributed by atoms with van der Waals surface area (Å²) < 4.78 is 0. The molecule has 0 spiro atoms. The molecule has 4 N–H and O–H groups in total. The van der Waals surface area contributed by atoms with E-state index in [1.807, 2.05) is 30.6 Å². The molecular weight excluding hydrogens is 256 g/mol. The molecule has 0 saturated heterocycles. The van der Waals surface area contributed by atoms with Crippen molar-refractivity contribution in [2.24, 2.45) is 11.5 Å². The highest BCUT2D eigenvalue weighted by atomic mass is 35.5. The average Bonchev–Trinajstić information content (AvgIpc) is 2.33. The second-order valence-electron chi connectivity index (χ2n) is 3.76. The Morgan fingerprint density at radius 2 is 2.24 bits per heavy atom. The molecule has 90 valence electrons. The topological polar surface area (TPSA) is 77.8 Å². The summed E-state index contributed by atoms with van der Waals surface area (Å²) >= 11 is 7.55. The molecule has 0 radical (unpaired) electrons. The lowest BCUT2D eigenvalue weighted by molar-refractivity contribution is 0.473. The summed E-state index contributed by atoms with van der Waals surface area (Å²) in [6, 6.07) is -0.352. The number of thioether (sulfide) groups is 1. The van der Waals surface area contributed by atoms with Crippen molar-refractivity contribution in [3.63, 3.8) is 0 Å². The van der Waals surface area contributed by atoms with Crippen LogP contribution in [0.5, 0.6) is 0 Å². The summed E-state index contributed by atoms with van der Waals surface area (Å²) in [5, 5.41) is 1.06. The van der Waals surface area contributed by atoms with Crippen LogP contribution in [0.15, 0.2) is 35.7 Å². The lowest BCUT2D eigenvalue weighted by Crippen LogP contribution is -2.51. The van der Waals surface area contributed by atoms with Crippen LogP contribution in [-0.4, -0.2) is 22.3 Å². The SMILES string of the molecule is CSc1ncc(Cl)c(C2(N)C=CC=CC2N)n1. The Balaban J connectivity index is 2.52. The number of nitrogens with zero attached hydrogens (tertiary/aromatic N) is 2. The van der Waals surface area contributed by atoms with Crippen molar-refractivity contribution in [3.8, 4) is 0 Å². The van der Waals surface area contributed by atoms with Gasteiger partial charge in [-0.05, 0) is 6.26 Å². The van der Waals surface area contributed by atoms with E-state index in [1.165, 1.54) is 11.8 Å². The molecule has 4 nitrogen and oxygen atoms in total. The van der Waals surface area contributed by atoms with Gasteiger partial charge in [-0.2, -0.15) is 0 Å². The minimum absolute atomic E-state index is 0.352. The molecule has 0 fully saturated rings. The molecule has 2 unspecified atom stereocenters. The summed E-state index contributed by atoms with van der Waals surface area (Å²) in [6.45, 7) is 0. The predicted molar refractivity (Wildman–Crippen MR) is 70.9 cm³/mol. The highest BCUT2D eigenvalue weighted by Crippen LogP contribution is 2.30. The molecule has 1 aliphatic carbocycles. The van der Waals surface area contributed by atoms with Crippen LogP contribution < -0.4 is 11.5 Å². The number of rotatable bonds is 2. The third-order valence-electron chi connectivity index (χ3n) is 2.67. The number of aromatic nitrogens is 2.